The van der Waals surface area contributed by atoms with Crippen LogP contribution < -0.4 is 0 Å². The van der Waals surface area contributed by atoms with E-state index in [1.54, 1.807) is 18.5 Å². The molecular formula is C11H12ClN3O2S. The molecule has 0 saturated heterocycles. The number of halogens is 1. The highest BCUT2D eigenvalue weighted by Crippen LogP contribution is 2.23. The fraction of sp³-hybridized carbons (Fsp3) is 0.364. The van der Waals surface area contributed by atoms with E-state index in [9.17, 15) is 4.79 Å². The average Bonchev–Trinajstić information content (AvgIpc) is 2.97. The summed E-state index contributed by atoms with van der Waals surface area (Å²) in [5.74, 6) is 0.849. The van der Waals surface area contributed by atoms with Crippen LogP contribution in [-0.2, 0) is 13.0 Å². The zero-order valence-corrected chi connectivity index (χ0v) is 11.6. The summed E-state index contributed by atoms with van der Waals surface area (Å²) >= 11 is 7.24. The largest absolute Gasteiger partial charge is 0.423 e. The molecule has 0 N–H and O–H groups in total. The molecule has 0 aliphatic rings. The highest BCUT2D eigenvalue weighted by molar-refractivity contribution is 7.12. The number of nitrogens with zero attached hydrogens (tertiary/aromatic N) is 3. The number of carbonyl (C=O) groups excluding carboxylic acids is 1. The number of aryl methyl sites for hydroxylation is 1. The standard InChI is InChI=1S/C11H12ClN3O2S/c1-3-8-13-14-9(17-8)6-15(2)11(16)10-7(12)4-5-18-10/h4-5H,3,6H2,1-2H3. The molecule has 0 radical (unpaired) electrons. The minimum absolute atomic E-state index is 0.147. The van der Waals surface area contributed by atoms with E-state index in [0.717, 1.165) is 0 Å². The topological polar surface area (TPSA) is 59.2 Å². The van der Waals surface area contributed by atoms with E-state index < -0.39 is 0 Å². The Morgan fingerprint density at radius 2 is 2.22 bits per heavy atom. The summed E-state index contributed by atoms with van der Waals surface area (Å²) in [6.45, 7) is 2.21. The van der Waals surface area contributed by atoms with Gasteiger partial charge in [0.1, 0.15) is 4.88 Å². The molecule has 0 aliphatic heterocycles. The van der Waals surface area contributed by atoms with Crippen molar-refractivity contribution in [2.75, 3.05) is 7.05 Å². The molecule has 0 aromatic carbocycles. The smallest absolute Gasteiger partial charge is 0.265 e. The Bertz CT molecular complexity index is 552. The van der Waals surface area contributed by atoms with Crippen LogP contribution in [0.2, 0.25) is 5.02 Å². The Morgan fingerprint density at radius 3 is 2.78 bits per heavy atom. The first-order chi connectivity index (χ1) is 8.61. The first kappa shape index (κ1) is 13.0. The summed E-state index contributed by atoms with van der Waals surface area (Å²) in [6.07, 6.45) is 0.682. The lowest BCUT2D eigenvalue weighted by Gasteiger charge is -2.13. The highest BCUT2D eigenvalue weighted by Gasteiger charge is 2.18. The van der Waals surface area contributed by atoms with E-state index in [1.807, 2.05) is 6.92 Å². The van der Waals surface area contributed by atoms with Crippen molar-refractivity contribution < 1.29 is 9.21 Å². The third-order valence-corrected chi connectivity index (χ3v) is 3.67. The van der Waals surface area contributed by atoms with E-state index in [1.165, 1.54) is 16.2 Å². The van der Waals surface area contributed by atoms with Crippen molar-refractivity contribution in [1.29, 1.82) is 0 Å². The van der Waals surface area contributed by atoms with Crippen molar-refractivity contribution >= 4 is 28.8 Å². The number of amides is 1. The van der Waals surface area contributed by atoms with Gasteiger partial charge in [-0.25, -0.2) is 0 Å². The van der Waals surface area contributed by atoms with Gasteiger partial charge >= 0.3 is 0 Å². The zero-order chi connectivity index (χ0) is 13.1. The van der Waals surface area contributed by atoms with Gasteiger partial charge in [0.15, 0.2) is 0 Å². The molecule has 0 fully saturated rings. The first-order valence-corrected chi connectivity index (χ1v) is 6.67. The van der Waals surface area contributed by atoms with Crippen molar-refractivity contribution in [2.45, 2.75) is 19.9 Å². The Balaban J connectivity index is 2.06. The van der Waals surface area contributed by atoms with E-state index in [4.69, 9.17) is 16.0 Å². The van der Waals surface area contributed by atoms with Gasteiger partial charge in [0.25, 0.3) is 5.91 Å². The van der Waals surface area contributed by atoms with Crippen molar-refractivity contribution in [1.82, 2.24) is 15.1 Å². The van der Waals surface area contributed by atoms with Crippen LogP contribution >= 0.6 is 22.9 Å². The summed E-state index contributed by atoms with van der Waals surface area (Å²) < 4.78 is 5.36. The molecule has 0 bridgehead atoms. The van der Waals surface area contributed by atoms with Crippen LogP contribution in [0, 0.1) is 0 Å². The molecule has 96 valence electrons. The number of thiophene rings is 1. The van der Waals surface area contributed by atoms with Crippen LogP contribution in [0.4, 0.5) is 0 Å². The van der Waals surface area contributed by atoms with Crippen LogP contribution in [-0.4, -0.2) is 28.1 Å². The number of carbonyl (C=O) groups is 1. The lowest BCUT2D eigenvalue weighted by molar-refractivity contribution is 0.0777. The lowest BCUT2D eigenvalue weighted by Crippen LogP contribution is -2.25. The molecule has 0 saturated carbocycles. The van der Waals surface area contributed by atoms with Gasteiger partial charge in [-0.05, 0) is 11.4 Å². The van der Waals surface area contributed by atoms with E-state index in [-0.39, 0.29) is 12.5 Å². The van der Waals surface area contributed by atoms with Gasteiger partial charge in [-0.1, -0.05) is 18.5 Å². The summed E-state index contributed by atoms with van der Waals surface area (Å²) in [7, 11) is 1.67. The maximum absolute atomic E-state index is 12.1. The fourth-order valence-electron chi connectivity index (χ4n) is 1.39. The van der Waals surface area contributed by atoms with Crippen LogP contribution in [0.3, 0.4) is 0 Å². The average molecular weight is 286 g/mol. The second kappa shape index (κ2) is 5.49. The molecule has 5 nitrogen and oxygen atoms in total. The summed E-state index contributed by atoms with van der Waals surface area (Å²) in [5.41, 5.74) is 0. The van der Waals surface area contributed by atoms with Gasteiger partial charge in [-0.2, -0.15) is 0 Å². The van der Waals surface area contributed by atoms with Gasteiger partial charge < -0.3 is 9.32 Å². The van der Waals surface area contributed by atoms with Crippen molar-refractivity contribution in [3.63, 3.8) is 0 Å². The minimum Gasteiger partial charge on any atom is -0.423 e. The molecular weight excluding hydrogens is 274 g/mol. The van der Waals surface area contributed by atoms with Crippen LogP contribution in [0.1, 0.15) is 28.4 Å². The van der Waals surface area contributed by atoms with Crippen molar-refractivity contribution in [3.05, 3.63) is 33.1 Å². The van der Waals surface area contributed by atoms with E-state index in [2.05, 4.69) is 10.2 Å². The van der Waals surface area contributed by atoms with Crippen molar-refractivity contribution in [2.24, 2.45) is 0 Å². The van der Waals surface area contributed by atoms with Gasteiger partial charge in [-0.15, -0.1) is 21.5 Å². The third kappa shape index (κ3) is 2.70. The molecule has 0 spiro atoms. The number of rotatable bonds is 4. The lowest BCUT2D eigenvalue weighted by atomic mass is 10.4. The molecule has 1 amide bonds. The summed E-state index contributed by atoms with van der Waals surface area (Å²) in [6, 6.07) is 1.70. The molecule has 2 aromatic rings. The quantitative estimate of drug-likeness (QED) is 0.866. The second-order valence-electron chi connectivity index (χ2n) is 3.70. The maximum Gasteiger partial charge on any atom is 0.265 e. The van der Waals surface area contributed by atoms with E-state index in [0.29, 0.717) is 28.1 Å². The molecule has 18 heavy (non-hydrogen) atoms. The highest BCUT2D eigenvalue weighted by atomic mass is 35.5. The zero-order valence-electron chi connectivity index (χ0n) is 10.0. The van der Waals surface area contributed by atoms with Crippen LogP contribution in [0.25, 0.3) is 0 Å². The normalized spacial score (nSPS) is 10.6. The second-order valence-corrected chi connectivity index (χ2v) is 5.03. The Labute approximate surface area is 113 Å². The fourth-order valence-corrected chi connectivity index (χ4v) is 2.52. The molecule has 2 heterocycles. The molecule has 0 atom stereocenters. The van der Waals surface area contributed by atoms with Gasteiger partial charge in [0.05, 0.1) is 11.6 Å². The molecule has 2 aromatic heterocycles. The van der Waals surface area contributed by atoms with Crippen LogP contribution in [0.5, 0.6) is 0 Å². The maximum atomic E-state index is 12.1. The predicted octanol–water partition coefficient (Wildman–Crippen LogP) is 2.62. The van der Waals surface area contributed by atoms with E-state index >= 15 is 0 Å². The number of aromatic nitrogens is 2. The van der Waals surface area contributed by atoms with Crippen LogP contribution in [0.15, 0.2) is 15.9 Å². The summed E-state index contributed by atoms with van der Waals surface area (Å²) in [4.78, 5) is 14.1. The Morgan fingerprint density at radius 1 is 1.50 bits per heavy atom. The SMILES string of the molecule is CCc1nnc(CN(C)C(=O)c2sccc2Cl)o1. The monoisotopic (exact) mass is 285 g/mol. The minimum atomic E-state index is -0.147. The van der Waals surface area contributed by atoms with Gasteiger partial charge in [-0.3, -0.25) is 4.79 Å². The summed E-state index contributed by atoms with van der Waals surface area (Å²) in [5, 5.41) is 9.97. The molecule has 7 heteroatoms. The Kier molecular flexibility index (Phi) is 3.98. The number of hydrogen-bond donors (Lipinski definition) is 0. The first-order valence-electron chi connectivity index (χ1n) is 5.41. The van der Waals surface area contributed by atoms with Gasteiger partial charge in [0.2, 0.25) is 11.8 Å². The molecule has 2 rings (SSSR count). The molecule has 0 aliphatic carbocycles. The molecule has 0 unspecified atom stereocenters. The Hall–Kier alpha value is -1.40. The predicted molar refractivity (Wildman–Crippen MR) is 68.8 cm³/mol. The van der Waals surface area contributed by atoms with Crippen molar-refractivity contribution in [3.8, 4) is 0 Å². The number of hydrogen-bond acceptors (Lipinski definition) is 5. The van der Waals surface area contributed by atoms with Gasteiger partial charge in [0, 0.05) is 13.5 Å². The third-order valence-electron chi connectivity index (χ3n) is 2.34.